The highest BCUT2D eigenvalue weighted by molar-refractivity contribution is 5.90. The molecule has 0 aromatic carbocycles. The average Bonchev–Trinajstić information content (AvgIpc) is 2.35. The topological polar surface area (TPSA) is 65.5 Å². The lowest BCUT2D eigenvalue weighted by atomic mass is 10.2. The molecule has 1 rings (SSSR count). The Morgan fingerprint density at radius 1 is 1.25 bits per heavy atom. The number of rotatable bonds is 1. The molecule has 5 heteroatoms. The van der Waals surface area contributed by atoms with E-state index in [0.29, 0.717) is 5.56 Å². The van der Waals surface area contributed by atoms with E-state index in [2.05, 4.69) is 26.3 Å². The van der Waals surface area contributed by atoms with E-state index in [0.717, 1.165) is 0 Å². The minimum atomic E-state index is -0.650. The first-order valence-electron chi connectivity index (χ1n) is 4.30. The van der Waals surface area contributed by atoms with Gasteiger partial charge in [-0.15, -0.1) is 0 Å². The second-order valence-corrected chi connectivity index (χ2v) is 2.70. The number of nitrogens with zero attached hydrogens (tertiary/aromatic N) is 1. The maximum Gasteiger partial charge on any atom is 0.384 e. The lowest BCUT2D eigenvalue weighted by molar-refractivity contribution is -0.133. The van der Waals surface area contributed by atoms with Gasteiger partial charge >= 0.3 is 11.9 Å². The van der Waals surface area contributed by atoms with Crippen molar-refractivity contribution >= 4 is 11.9 Å². The first kappa shape index (κ1) is 11.7. The van der Waals surface area contributed by atoms with Gasteiger partial charge in [-0.3, -0.25) is 4.98 Å². The van der Waals surface area contributed by atoms with Crippen molar-refractivity contribution in [1.82, 2.24) is 4.98 Å². The number of carbonyl (C=O) groups is 2. The smallest absolute Gasteiger partial charge is 0.384 e. The first-order valence-corrected chi connectivity index (χ1v) is 4.30. The molecular weight excluding hydrogens is 210 g/mol. The van der Waals surface area contributed by atoms with Gasteiger partial charge in [-0.05, 0) is 6.07 Å². The van der Waals surface area contributed by atoms with Crippen LogP contribution in [-0.4, -0.2) is 31.1 Å². The molecule has 1 heterocycles. The molecule has 0 aliphatic carbocycles. The average molecular weight is 219 g/mol. The summed E-state index contributed by atoms with van der Waals surface area (Å²) in [6, 6.07) is 1.48. The highest BCUT2D eigenvalue weighted by Crippen LogP contribution is 2.02. The van der Waals surface area contributed by atoms with Crippen LogP contribution in [0.5, 0.6) is 0 Å². The van der Waals surface area contributed by atoms with Crippen molar-refractivity contribution in [3.8, 4) is 11.8 Å². The van der Waals surface area contributed by atoms with Gasteiger partial charge in [0.2, 0.25) is 0 Å². The Bertz CT molecular complexity index is 470. The van der Waals surface area contributed by atoms with E-state index >= 15 is 0 Å². The lowest BCUT2D eigenvalue weighted by Crippen LogP contribution is -2.02. The molecule has 0 aliphatic heterocycles. The third-order valence-corrected chi connectivity index (χ3v) is 1.65. The van der Waals surface area contributed by atoms with Crippen molar-refractivity contribution in [2.45, 2.75) is 0 Å². The minimum absolute atomic E-state index is 0.277. The Balaban J connectivity index is 2.93. The van der Waals surface area contributed by atoms with Crippen LogP contribution in [0.4, 0.5) is 0 Å². The maximum absolute atomic E-state index is 11.2. The zero-order valence-electron chi connectivity index (χ0n) is 8.81. The second kappa shape index (κ2) is 5.51. The molecule has 0 amide bonds. The quantitative estimate of drug-likeness (QED) is 0.505. The van der Waals surface area contributed by atoms with Gasteiger partial charge in [0.25, 0.3) is 0 Å². The molecule has 1 aromatic heterocycles. The highest BCUT2D eigenvalue weighted by atomic mass is 16.5. The Kier molecular flexibility index (Phi) is 4.04. The van der Waals surface area contributed by atoms with E-state index in [9.17, 15) is 9.59 Å². The van der Waals surface area contributed by atoms with Gasteiger partial charge in [0.15, 0.2) is 0 Å². The molecule has 0 fully saturated rings. The summed E-state index contributed by atoms with van der Waals surface area (Å²) in [5.74, 6) is 3.59. The fourth-order valence-corrected chi connectivity index (χ4v) is 0.912. The SMILES string of the molecule is COC(=O)C#Cc1cncc(C(=O)OC)c1. The van der Waals surface area contributed by atoms with E-state index in [4.69, 9.17) is 0 Å². The zero-order chi connectivity index (χ0) is 12.0. The molecule has 5 nitrogen and oxygen atoms in total. The lowest BCUT2D eigenvalue weighted by Gasteiger charge is -1.97. The van der Waals surface area contributed by atoms with Gasteiger partial charge in [0.05, 0.1) is 19.8 Å². The predicted molar refractivity (Wildman–Crippen MR) is 54.5 cm³/mol. The van der Waals surface area contributed by atoms with Crippen LogP contribution in [0.25, 0.3) is 0 Å². The number of hydrogen-bond donors (Lipinski definition) is 0. The predicted octanol–water partition coefficient (Wildman–Crippen LogP) is 0.393. The Labute approximate surface area is 92.4 Å². The fourth-order valence-electron chi connectivity index (χ4n) is 0.912. The largest absolute Gasteiger partial charge is 0.465 e. The summed E-state index contributed by atoms with van der Waals surface area (Å²) in [5, 5.41) is 0. The van der Waals surface area contributed by atoms with Gasteiger partial charge in [0.1, 0.15) is 0 Å². The summed E-state index contributed by atoms with van der Waals surface area (Å²) in [6.45, 7) is 0. The molecule has 16 heavy (non-hydrogen) atoms. The van der Waals surface area contributed by atoms with Crippen molar-refractivity contribution in [3.63, 3.8) is 0 Å². The van der Waals surface area contributed by atoms with Gasteiger partial charge in [-0.2, -0.15) is 0 Å². The highest BCUT2D eigenvalue weighted by Gasteiger charge is 2.05. The summed E-state index contributed by atoms with van der Waals surface area (Å²) in [4.78, 5) is 25.7. The monoisotopic (exact) mass is 219 g/mol. The maximum atomic E-state index is 11.2. The molecule has 0 saturated heterocycles. The first-order chi connectivity index (χ1) is 7.67. The zero-order valence-corrected chi connectivity index (χ0v) is 8.81. The number of aromatic nitrogens is 1. The number of carbonyl (C=O) groups excluding carboxylic acids is 2. The van der Waals surface area contributed by atoms with Crippen LogP contribution >= 0.6 is 0 Å². The van der Waals surface area contributed by atoms with Gasteiger partial charge < -0.3 is 9.47 Å². The Hall–Kier alpha value is -2.35. The third-order valence-electron chi connectivity index (χ3n) is 1.65. The number of methoxy groups -OCH3 is 2. The molecule has 82 valence electrons. The molecule has 0 N–H and O–H groups in total. The summed E-state index contributed by atoms with van der Waals surface area (Å²) in [5.41, 5.74) is 0.715. The summed E-state index contributed by atoms with van der Waals surface area (Å²) in [7, 11) is 2.51. The van der Waals surface area contributed by atoms with Crippen LogP contribution in [0.1, 0.15) is 15.9 Å². The van der Waals surface area contributed by atoms with E-state index in [1.807, 2.05) is 0 Å². The Morgan fingerprint density at radius 2 is 2.00 bits per heavy atom. The summed E-state index contributed by atoms with van der Waals surface area (Å²) >= 11 is 0. The second-order valence-electron chi connectivity index (χ2n) is 2.70. The molecule has 0 saturated carbocycles. The Morgan fingerprint density at radius 3 is 2.62 bits per heavy atom. The number of ether oxygens (including phenoxy) is 2. The van der Waals surface area contributed by atoms with Crippen molar-refractivity contribution in [3.05, 3.63) is 29.6 Å². The van der Waals surface area contributed by atoms with Crippen LogP contribution in [0.3, 0.4) is 0 Å². The molecular formula is C11H9NO4. The van der Waals surface area contributed by atoms with Crippen molar-refractivity contribution in [1.29, 1.82) is 0 Å². The molecule has 0 spiro atoms. The normalized spacial score (nSPS) is 8.62. The van der Waals surface area contributed by atoms with Crippen molar-refractivity contribution < 1.29 is 19.1 Å². The molecule has 0 radical (unpaired) electrons. The molecule has 0 aliphatic rings. The van der Waals surface area contributed by atoms with Crippen molar-refractivity contribution in [2.75, 3.05) is 14.2 Å². The van der Waals surface area contributed by atoms with Gasteiger partial charge in [0, 0.05) is 23.9 Å². The standard InChI is InChI=1S/C11H9NO4/c1-15-10(13)4-3-8-5-9(7-12-6-8)11(14)16-2/h5-7H,1-2H3. The van der Waals surface area contributed by atoms with E-state index in [1.165, 1.54) is 32.7 Å². The van der Waals surface area contributed by atoms with Crippen molar-refractivity contribution in [2.24, 2.45) is 0 Å². The summed E-state index contributed by atoms with van der Waals surface area (Å²) < 4.78 is 8.87. The number of hydrogen-bond acceptors (Lipinski definition) is 5. The van der Waals surface area contributed by atoms with E-state index < -0.39 is 11.9 Å². The number of pyridine rings is 1. The summed E-state index contributed by atoms with van der Waals surface area (Å²) in [6.07, 6.45) is 2.79. The molecule has 0 unspecified atom stereocenters. The van der Waals surface area contributed by atoms with Crippen LogP contribution in [-0.2, 0) is 14.3 Å². The van der Waals surface area contributed by atoms with E-state index in [1.54, 1.807) is 0 Å². The molecule has 0 bridgehead atoms. The van der Waals surface area contributed by atoms with Crippen LogP contribution < -0.4 is 0 Å². The van der Waals surface area contributed by atoms with Gasteiger partial charge in [-0.1, -0.05) is 5.92 Å². The van der Waals surface area contributed by atoms with Crippen LogP contribution in [0.15, 0.2) is 18.5 Å². The number of esters is 2. The van der Waals surface area contributed by atoms with Gasteiger partial charge in [-0.25, -0.2) is 9.59 Å². The minimum Gasteiger partial charge on any atom is -0.465 e. The van der Waals surface area contributed by atoms with Crippen LogP contribution in [0, 0.1) is 11.8 Å². The van der Waals surface area contributed by atoms with E-state index in [-0.39, 0.29) is 5.56 Å². The molecule has 0 atom stereocenters. The fraction of sp³-hybridized carbons (Fsp3) is 0.182. The molecule has 1 aromatic rings. The van der Waals surface area contributed by atoms with Crippen LogP contribution in [0.2, 0.25) is 0 Å². The third kappa shape index (κ3) is 3.10.